The molecule has 4 fully saturated rings. The lowest BCUT2D eigenvalue weighted by molar-refractivity contribution is -0.130. The van der Waals surface area contributed by atoms with Gasteiger partial charge in [0, 0.05) is 54.7 Å². The number of H-pyrrole nitrogens is 2. The highest BCUT2D eigenvalue weighted by Gasteiger charge is 2.56. The first-order valence-corrected chi connectivity index (χ1v) is 25.3. The number of aromatic amines is 2. The maximum atomic E-state index is 14.5. The van der Waals surface area contributed by atoms with Gasteiger partial charge in [-0.15, -0.1) is 6.58 Å². The average Bonchev–Trinajstić information content (AvgIpc) is 4.01. The number of alkyl halides is 4. The minimum atomic E-state index is -1.84. The fraction of sp³-hybridized carbons (Fsp3) is 0.640. The largest absolute Gasteiger partial charge is 0.393 e. The Morgan fingerprint density at radius 1 is 0.566 bits per heavy atom. The predicted molar refractivity (Wildman–Crippen MR) is 272 cm³/mol. The molecule has 0 amide bonds. The monoisotopic (exact) mass is 1080 g/mol. The van der Waals surface area contributed by atoms with Gasteiger partial charge in [0.25, 0.3) is 11.1 Å². The molecule has 8 rings (SSSR count). The summed E-state index contributed by atoms with van der Waals surface area (Å²) in [6, 6.07) is 5.16. The van der Waals surface area contributed by atoms with E-state index in [-0.39, 0.29) is 29.9 Å². The number of nitrogens with zero attached hydrogens (tertiary/aromatic N) is 6. The highest BCUT2D eigenvalue weighted by Crippen LogP contribution is 2.48. The third kappa shape index (κ3) is 11.6. The van der Waals surface area contributed by atoms with Crippen molar-refractivity contribution in [1.29, 1.82) is 0 Å². The van der Waals surface area contributed by atoms with E-state index in [1.54, 1.807) is 26.8 Å². The summed E-state index contributed by atoms with van der Waals surface area (Å²) in [4.78, 5) is 80.2. The number of halogens is 4. The zero-order valence-corrected chi connectivity index (χ0v) is 44.1. The SMILES string of the molecule is C=C[C@]1(CC)O[C@@H](n2ccc(=O)[nH]c2=O)[C@@H](F)[C@@H]1C.CCC1(CC)O[C@@H](n2ccc(=O)[nH]c2=O)[C@@H](F)[C@@H]1C.CCC1(CC)O[C@@H](n2ccc(N)nc2=O)[C@@H](F)[C@@H]1C.CC[C@]1(CO)O[C@@H](n2ccc(N)nc2=O)[C@@H](F)[C@@H]1O. The molecule has 76 heavy (non-hydrogen) atoms. The number of aromatic nitrogens is 8. The molecule has 8 N–H and O–H groups in total. The van der Waals surface area contributed by atoms with Crippen LogP contribution >= 0.6 is 0 Å². The average molecular weight is 1080 g/mol. The second-order valence-corrected chi connectivity index (χ2v) is 19.4. The van der Waals surface area contributed by atoms with Gasteiger partial charge in [-0.05, 0) is 50.7 Å². The number of nitrogens with one attached hydrogen (secondary N) is 2. The predicted octanol–water partition coefficient (Wildman–Crippen LogP) is 4.05. The topological polar surface area (TPSA) is 309 Å². The molecule has 0 spiro atoms. The number of aliphatic hydroxyl groups is 2. The highest BCUT2D eigenvalue weighted by molar-refractivity contribution is 5.24. The summed E-state index contributed by atoms with van der Waals surface area (Å²) in [5, 5.41) is 19.2. The Bertz CT molecular complexity index is 2880. The van der Waals surface area contributed by atoms with Crippen molar-refractivity contribution in [2.45, 2.75) is 179 Å². The molecule has 14 atom stereocenters. The number of hydrogen-bond acceptors (Lipinski definition) is 16. The lowest BCUT2D eigenvalue weighted by Crippen LogP contribution is -2.44. The summed E-state index contributed by atoms with van der Waals surface area (Å²) < 4.78 is 84.6. The number of aliphatic hydroxyl groups excluding tert-OH is 2. The van der Waals surface area contributed by atoms with Crippen molar-refractivity contribution in [3.63, 3.8) is 0 Å². The van der Waals surface area contributed by atoms with Crippen LogP contribution in [0.3, 0.4) is 0 Å². The molecule has 4 aromatic rings. The molecule has 0 bridgehead atoms. The first kappa shape index (κ1) is 60.8. The van der Waals surface area contributed by atoms with E-state index in [2.05, 4.69) is 26.5 Å². The summed E-state index contributed by atoms with van der Waals surface area (Å²) in [6.45, 7) is 19.9. The molecule has 8 heterocycles. The summed E-state index contributed by atoms with van der Waals surface area (Å²) in [5.74, 6) is -0.846. The zero-order chi connectivity index (χ0) is 56.8. The maximum Gasteiger partial charge on any atom is 0.351 e. The summed E-state index contributed by atoms with van der Waals surface area (Å²) >= 11 is 0. The van der Waals surface area contributed by atoms with Crippen LogP contribution in [0.1, 0.15) is 126 Å². The molecule has 0 aliphatic carbocycles. The number of rotatable bonds is 12. The van der Waals surface area contributed by atoms with Crippen molar-refractivity contribution in [2.24, 2.45) is 17.8 Å². The fourth-order valence-corrected chi connectivity index (χ4v) is 10.4. The van der Waals surface area contributed by atoms with Crippen LogP contribution in [-0.4, -0.2) is 108 Å². The van der Waals surface area contributed by atoms with Crippen molar-refractivity contribution < 1.29 is 46.7 Å². The molecule has 26 heteroatoms. The van der Waals surface area contributed by atoms with Crippen LogP contribution in [0.2, 0.25) is 0 Å². The summed E-state index contributed by atoms with van der Waals surface area (Å²) in [6.07, 6.45) is -1.13. The van der Waals surface area contributed by atoms with E-state index < -0.39 is 125 Å². The Morgan fingerprint density at radius 3 is 1.21 bits per heavy atom. The van der Waals surface area contributed by atoms with Crippen LogP contribution in [0, 0.1) is 17.8 Å². The second kappa shape index (κ2) is 24.5. The third-order valence-electron chi connectivity index (χ3n) is 15.9. The summed E-state index contributed by atoms with van der Waals surface area (Å²) in [5.41, 5.74) is 3.80. The molecule has 4 aliphatic heterocycles. The highest BCUT2D eigenvalue weighted by atomic mass is 19.1. The van der Waals surface area contributed by atoms with Gasteiger partial charge in [0.2, 0.25) is 0 Å². The van der Waals surface area contributed by atoms with Crippen LogP contribution in [0.4, 0.5) is 29.2 Å². The maximum absolute atomic E-state index is 14.5. The third-order valence-corrected chi connectivity index (χ3v) is 15.9. The molecule has 422 valence electrons. The smallest absolute Gasteiger partial charge is 0.351 e. The second-order valence-electron chi connectivity index (χ2n) is 19.4. The molecule has 4 aliphatic rings. The number of ether oxygens (including phenoxy) is 4. The molecule has 22 nitrogen and oxygen atoms in total. The number of anilines is 2. The Morgan fingerprint density at radius 2 is 0.908 bits per heavy atom. The van der Waals surface area contributed by atoms with Gasteiger partial charge in [-0.1, -0.05) is 68.4 Å². The van der Waals surface area contributed by atoms with E-state index in [4.69, 9.17) is 30.4 Å². The Balaban J connectivity index is 0.000000187. The standard InChI is InChI=1S/C13H20FN3O2.C13H19FN2O3.C13H17FN2O3.C11H16FN3O4/c1-4-13(5-2)8(3)10(14)11(19-13)17-7-6-9(15)16-12(17)18;2*1-4-13(5-2)8(3)10(14)11(19-13)16-7-6-9(17)15-12(16)18;1-2-11(5-16)8(17)7(12)9(19-11)15-4-3-6(13)14-10(15)18/h6-8,10-11H,4-5H2,1-3H3,(H2,15,16,18);6-8,10-11H,4-5H2,1-3H3,(H,15,17,18);4,6-8,10-11H,1,5H2,2-3H3,(H,15,17,18);3-4,7-9,16-17H,2,5H2,1H3,(H2,13,14,18)/t2*8-,10-,11+;8-,10-,11+,13+;7-,8-,9+,11+/m0000/s1. The van der Waals surface area contributed by atoms with Crippen LogP contribution in [0.5, 0.6) is 0 Å². The molecule has 0 saturated carbocycles. The molecule has 0 radical (unpaired) electrons. The van der Waals surface area contributed by atoms with Crippen LogP contribution in [0.15, 0.2) is 90.5 Å². The van der Waals surface area contributed by atoms with Gasteiger partial charge in [0.05, 0.1) is 23.4 Å². The normalized spacial score (nSPS) is 32.0. The molecule has 4 aromatic heterocycles. The lowest BCUT2D eigenvalue weighted by atomic mass is 9.83. The quantitative estimate of drug-likeness (QED) is 0.0861. The Hall–Kier alpha value is -6.06. The molecule has 0 unspecified atom stereocenters. The minimum Gasteiger partial charge on any atom is -0.393 e. The van der Waals surface area contributed by atoms with Gasteiger partial charge in [0.1, 0.15) is 23.3 Å². The van der Waals surface area contributed by atoms with Gasteiger partial charge in [-0.3, -0.25) is 37.8 Å². The van der Waals surface area contributed by atoms with Gasteiger partial charge >= 0.3 is 22.8 Å². The van der Waals surface area contributed by atoms with Gasteiger partial charge in [-0.25, -0.2) is 36.7 Å². The van der Waals surface area contributed by atoms with E-state index in [9.17, 15) is 56.5 Å². The van der Waals surface area contributed by atoms with Crippen molar-refractivity contribution in [2.75, 3.05) is 18.1 Å². The van der Waals surface area contributed by atoms with Crippen molar-refractivity contribution in [3.8, 4) is 0 Å². The Kier molecular flexibility index (Phi) is 19.6. The molecular weight excluding hydrogens is 1010 g/mol. The van der Waals surface area contributed by atoms with E-state index in [0.717, 1.165) is 13.7 Å². The first-order valence-electron chi connectivity index (χ1n) is 25.3. The number of nitrogens with two attached hydrogens (primary N) is 2. The van der Waals surface area contributed by atoms with E-state index in [1.165, 1.54) is 53.6 Å². The van der Waals surface area contributed by atoms with E-state index >= 15 is 0 Å². The van der Waals surface area contributed by atoms with Gasteiger partial charge in [-0.2, -0.15) is 9.97 Å². The van der Waals surface area contributed by atoms with Crippen LogP contribution in [0.25, 0.3) is 0 Å². The van der Waals surface area contributed by atoms with Gasteiger partial charge < -0.3 is 40.6 Å². The van der Waals surface area contributed by atoms with Crippen molar-refractivity contribution >= 4 is 11.6 Å². The molecular formula is C50H72F4N10O12. The zero-order valence-electron chi connectivity index (χ0n) is 44.1. The minimum absolute atomic E-state index is 0.0131. The van der Waals surface area contributed by atoms with Crippen molar-refractivity contribution in [1.82, 2.24) is 38.2 Å². The molecule has 0 aromatic carbocycles. The fourth-order valence-electron chi connectivity index (χ4n) is 10.4. The van der Waals surface area contributed by atoms with Crippen molar-refractivity contribution in [3.05, 3.63) is 124 Å². The van der Waals surface area contributed by atoms with E-state index in [0.29, 0.717) is 32.1 Å². The van der Waals surface area contributed by atoms with Gasteiger partial charge in [0.15, 0.2) is 49.6 Å². The van der Waals surface area contributed by atoms with Crippen LogP contribution < -0.4 is 45.3 Å². The van der Waals surface area contributed by atoms with E-state index in [1.807, 2.05) is 41.5 Å². The van der Waals surface area contributed by atoms with Crippen LogP contribution in [-0.2, 0) is 18.9 Å². The molecule has 4 saturated heterocycles. The Labute approximate surface area is 434 Å². The number of hydrogen-bond donors (Lipinski definition) is 6. The summed E-state index contributed by atoms with van der Waals surface area (Å²) in [7, 11) is 0. The number of nitrogen functional groups attached to an aromatic ring is 2. The lowest BCUT2D eigenvalue weighted by Gasteiger charge is -2.30. The first-order chi connectivity index (χ1) is 35.8.